The molecule has 0 aromatic rings. The van der Waals surface area contributed by atoms with E-state index in [4.69, 9.17) is 4.74 Å². The molecule has 0 fully saturated rings. The zero-order valence-corrected chi connectivity index (χ0v) is 18.2. The summed E-state index contributed by atoms with van der Waals surface area (Å²) in [4.78, 5) is 24.3. The number of allylic oxidation sites excluding steroid dienone is 6. The van der Waals surface area contributed by atoms with Crippen LogP contribution in [0.15, 0.2) is 40.1 Å². The van der Waals surface area contributed by atoms with Gasteiger partial charge >= 0.3 is 5.97 Å². The molecule has 5 heteroatoms. The number of likely N-dealkylation sites (N-methyl/N-ethyl adjacent to an activating group) is 1. The summed E-state index contributed by atoms with van der Waals surface area (Å²) in [5, 5.41) is 2.84. The molecule has 0 radical (unpaired) electrons. The van der Waals surface area contributed by atoms with Crippen LogP contribution in [-0.2, 0) is 9.53 Å². The Bertz CT molecular complexity index is 574. The van der Waals surface area contributed by atoms with E-state index in [1.807, 2.05) is 11.9 Å². The minimum absolute atomic E-state index is 0.00736. The summed E-state index contributed by atoms with van der Waals surface area (Å²) in [6, 6.07) is 0. The third-order valence-electron chi connectivity index (χ3n) is 5.18. The lowest BCUT2D eigenvalue weighted by molar-refractivity contribution is -0.149. The number of rotatable bonds is 13. The second-order valence-electron chi connectivity index (χ2n) is 8.07. The maximum Gasteiger partial charge on any atom is 0.309 e. The number of ether oxygens (including phenoxy) is 1. The molecule has 5 nitrogen and oxygen atoms in total. The highest BCUT2D eigenvalue weighted by Crippen LogP contribution is 2.27. The maximum atomic E-state index is 12.2. The minimum atomic E-state index is -0.0905. The Morgan fingerprint density at radius 1 is 1.25 bits per heavy atom. The van der Waals surface area contributed by atoms with Crippen LogP contribution in [0.3, 0.4) is 0 Å². The van der Waals surface area contributed by atoms with Crippen molar-refractivity contribution in [2.24, 2.45) is 11.1 Å². The monoisotopic (exact) mass is 390 g/mol. The molecule has 1 aliphatic rings. The number of esters is 1. The van der Waals surface area contributed by atoms with Gasteiger partial charge in [0.25, 0.3) is 0 Å². The van der Waals surface area contributed by atoms with Gasteiger partial charge in [0.05, 0.1) is 12.5 Å². The Hall–Kier alpha value is -1.75. The fourth-order valence-electron chi connectivity index (χ4n) is 3.27. The summed E-state index contributed by atoms with van der Waals surface area (Å²) in [5.74, 6) is -0.0979. The van der Waals surface area contributed by atoms with Crippen molar-refractivity contribution in [3.05, 3.63) is 39.9 Å². The van der Waals surface area contributed by atoms with Crippen LogP contribution in [0.4, 0.5) is 0 Å². The Kier molecular flexibility index (Phi) is 12.4. The van der Waals surface area contributed by atoms with Crippen LogP contribution < -0.4 is 0 Å². The number of carbonyl (C=O) groups excluding carboxylic acids is 1. The van der Waals surface area contributed by atoms with Gasteiger partial charge in [0.1, 0.15) is 6.61 Å². The molecule has 0 aliphatic heterocycles. The molecule has 28 heavy (non-hydrogen) atoms. The van der Waals surface area contributed by atoms with Crippen molar-refractivity contribution >= 4 is 5.97 Å². The van der Waals surface area contributed by atoms with Gasteiger partial charge in [-0.25, -0.2) is 0 Å². The standard InChI is InChI=1S/C23H38N2O3/c1-19(2)7-5-8-20(3)9-6-10-21-11-13-22(14-12-21)23(26)28-18-17-25(4)16-15-24-27/h7,9,11,22H,5-6,8,10,12-18H2,1-4H3/b20-9+. The lowest BCUT2D eigenvalue weighted by Gasteiger charge is -2.21. The normalized spacial score (nSPS) is 17.2. The highest BCUT2D eigenvalue weighted by molar-refractivity contribution is 5.72. The first kappa shape index (κ1) is 24.3. The Labute approximate surface area is 170 Å². The summed E-state index contributed by atoms with van der Waals surface area (Å²) in [7, 11) is 1.90. The van der Waals surface area contributed by atoms with Gasteiger partial charge in [-0.2, -0.15) is 4.91 Å². The molecular formula is C23H38N2O3. The molecule has 0 saturated heterocycles. The summed E-state index contributed by atoms with van der Waals surface area (Å²) in [6.45, 7) is 8.37. The molecule has 0 aromatic heterocycles. The molecule has 158 valence electrons. The van der Waals surface area contributed by atoms with Crippen LogP contribution in [0.1, 0.15) is 65.7 Å². The van der Waals surface area contributed by atoms with E-state index in [0.717, 1.165) is 44.9 Å². The molecule has 0 heterocycles. The van der Waals surface area contributed by atoms with Crippen molar-refractivity contribution in [1.29, 1.82) is 0 Å². The van der Waals surface area contributed by atoms with Crippen molar-refractivity contribution in [3.63, 3.8) is 0 Å². The van der Waals surface area contributed by atoms with E-state index in [1.54, 1.807) is 0 Å². The molecule has 1 unspecified atom stereocenters. The molecule has 1 aliphatic carbocycles. The summed E-state index contributed by atoms with van der Waals surface area (Å²) in [6.07, 6.45) is 14.0. The van der Waals surface area contributed by atoms with Gasteiger partial charge in [-0.3, -0.25) is 4.79 Å². The average Bonchev–Trinajstić information content (AvgIpc) is 2.66. The third kappa shape index (κ3) is 11.2. The molecule has 0 saturated carbocycles. The molecule has 0 spiro atoms. The van der Waals surface area contributed by atoms with Crippen LogP contribution in [0.2, 0.25) is 0 Å². The molecule has 0 bridgehead atoms. The maximum absolute atomic E-state index is 12.2. The predicted octanol–water partition coefficient (Wildman–Crippen LogP) is 5.43. The highest BCUT2D eigenvalue weighted by atomic mass is 16.5. The minimum Gasteiger partial charge on any atom is -0.464 e. The second kappa shape index (κ2) is 14.3. The van der Waals surface area contributed by atoms with Crippen LogP contribution in [0, 0.1) is 10.8 Å². The number of nitrogens with zero attached hydrogens (tertiary/aromatic N) is 2. The first-order valence-corrected chi connectivity index (χ1v) is 10.5. The van der Waals surface area contributed by atoms with Gasteiger partial charge in [-0.05, 0) is 72.8 Å². The fraction of sp³-hybridized carbons (Fsp3) is 0.696. The largest absolute Gasteiger partial charge is 0.464 e. The van der Waals surface area contributed by atoms with E-state index in [-0.39, 0.29) is 18.4 Å². The van der Waals surface area contributed by atoms with Gasteiger partial charge in [0, 0.05) is 13.1 Å². The number of carbonyl (C=O) groups is 1. The van der Waals surface area contributed by atoms with Crippen LogP contribution in [-0.4, -0.2) is 44.2 Å². The van der Waals surface area contributed by atoms with E-state index in [0.29, 0.717) is 19.7 Å². The molecule has 0 aromatic carbocycles. The van der Waals surface area contributed by atoms with Gasteiger partial charge in [-0.1, -0.05) is 40.1 Å². The zero-order valence-electron chi connectivity index (χ0n) is 18.2. The van der Waals surface area contributed by atoms with Crippen molar-refractivity contribution < 1.29 is 9.53 Å². The quantitative estimate of drug-likeness (QED) is 0.239. The summed E-state index contributed by atoms with van der Waals surface area (Å²) < 4.78 is 5.40. The average molecular weight is 391 g/mol. The van der Waals surface area contributed by atoms with E-state index in [2.05, 4.69) is 44.2 Å². The summed E-state index contributed by atoms with van der Waals surface area (Å²) >= 11 is 0. The third-order valence-corrected chi connectivity index (χ3v) is 5.18. The lowest BCUT2D eigenvalue weighted by Crippen LogP contribution is -2.28. The van der Waals surface area contributed by atoms with Crippen LogP contribution >= 0.6 is 0 Å². The van der Waals surface area contributed by atoms with Crippen molar-refractivity contribution in [2.75, 3.05) is 33.3 Å². The van der Waals surface area contributed by atoms with Gasteiger partial charge in [0.2, 0.25) is 0 Å². The number of hydrogen-bond acceptors (Lipinski definition) is 5. The Balaban J connectivity index is 2.23. The smallest absolute Gasteiger partial charge is 0.309 e. The first-order valence-electron chi connectivity index (χ1n) is 10.5. The molecular weight excluding hydrogens is 352 g/mol. The second-order valence-corrected chi connectivity index (χ2v) is 8.07. The number of hydrogen-bond donors (Lipinski definition) is 0. The molecule has 1 atom stereocenters. The molecule has 1 rings (SSSR count). The summed E-state index contributed by atoms with van der Waals surface area (Å²) in [5.41, 5.74) is 4.32. The zero-order chi connectivity index (χ0) is 20.8. The van der Waals surface area contributed by atoms with Gasteiger partial charge < -0.3 is 9.64 Å². The van der Waals surface area contributed by atoms with Gasteiger partial charge in [0.15, 0.2) is 0 Å². The molecule has 0 amide bonds. The Morgan fingerprint density at radius 2 is 2.04 bits per heavy atom. The van der Waals surface area contributed by atoms with Crippen LogP contribution in [0.5, 0.6) is 0 Å². The van der Waals surface area contributed by atoms with E-state index in [9.17, 15) is 9.70 Å². The SMILES string of the molecule is CC(C)=CCC/C(C)=C/CCC1=CCC(C(=O)OCCN(C)CCN=O)CC1. The topological polar surface area (TPSA) is 59.0 Å². The molecule has 0 N–H and O–H groups in total. The van der Waals surface area contributed by atoms with E-state index < -0.39 is 0 Å². The number of nitroso groups, excluding NO2 is 1. The first-order chi connectivity index (χ1) is 13.4. The highest BCUT2D eigenvalue weighted by Gasteiger charge is 2.22. The predicted molar refractivity (Wildman–Crippen MR) is 116 cm³/mol. The fourth-order valence-corrected chi connectivity index (χ4v) is 3.27. The Morgan fingerprint density at radius 3 is 2.68 bits per heavy atom. The van der Waals surface area contributed by atoms with Crippen molar-refractivity contribution in [2.45, 2.75) is 65.7 Å². The van der Waals surface area contributed by atoms with Crippen molar-refractivity contribution in [1.82, 2.24) is 4.90 Å². The van der Waals surface area contributed by atoms with Gasteiger partial charge in [-0.15, -0.1) is 0 Å². The van der Waals surface area contributed by atoms with Crippen molar-refractivity contribution in [3.8, 4) is 0 Å². The lowest BCUT2D eigenvalue weighted by atomic mass is 9.87. The van der Waals surface area contributed by atoms with Crippen LogP contribution in [0.25, 0.3) is 0 Å². The van der Waals surface area contributed by atoms with E-state index in [1.165, 1.54) is 16.7 Å². The van der Waals surface area contributed by atoms with E-state index >= 15 is 0 Å².